The molecule has 3 aliphatic rings. The van der Waals surface area contributed by atoms with Crippen LogP contribution in [-0.4, -0.2) is 27.9 Å². The van der Waals surface area contributed by atoms with Crippen LogP contribution in [0.25, 0.3) is 0 Å². The molecule has 0 aliphatic heterocycles. The van der Waals surface area contributed by atoms with Crippen molar-refractivity contribution in [2.45, 2.75) is 72.6 Å². The molecule has 0 spiro atoms. The molecule has 5 heteroatoms. The summed E-state index contributed by atoms with van der Waals surface area (Å²) in [5.41, 5.74) is 0.887. The lowest BCUT2D eigenvalue weighted by Crippen LogP contribution is -2.36. The number of hydrogen-bond acceptors (Lipinski definition) is 5. The number of phenolic OH excluding ortho intramolecular Hbond substituents is 3. The molecule has 3 fully saturated rings. The number of phenols is 3. The van der Waals surface area contributed by atoms with Gasteiger partial charge in [0.1, 0.15) is 17.2 Å². The zero-order chi connectivity index (χ0) is 24.5. The van der Waals surface area contributed by atoms with Gasteiger partial charge in [0, 0.05) is 5.56 Å². The first kappa shape index (κ1) is 23.8. The summed E-state index contributed by atoms with van der Waals surface area (Å²) in [6.45, 7) is 15.6. The quantitative estimate of drug-likeness (QED) is 0.351. The predicted octanol–water partition coefficient (Wildman–Crippen LogP) is 6.21. The van der Waals surface area contributed by atoms with Crippen LogP contribution in [0.3, 0.4) is 0 Å². The zero-order valence-corrected chi connectivity index (χ0v) is 20.5. The van der Waals surface area contributed by atoms with E-state index in [1.54, 1.807) is 0 Å². The molecular formula is C28H38O5. The second-order valence-corrected chi connectivity index (χ2v) is 12.0. The Labute approximate surface area is 196 Å². The Bertz CT molecular complexity index is 971. The first-order valence-corrected chi connectivity index (χ1v) is 12.3. The van der Waals surface area contributed by atoms with Crippen molar-refractivity contribution in [1.29, 1.82) is 0 Å². The third-order valence-electron chi connectivity index (χ3n) is 9.63. The van der Waals surface area contributed by atoms with Crippen LogP contribution in [0.4, 0.5) is 0 Å². The summed E-state index contributed by atoms with van der Waals surface area (Å²) in [5, 5.41) is 32.6. The number of aromatic hydroxyl groups is 3. The number of carbonyl (C=O) groups excluding carboxylic acids is 2. The highest BCUT2D eigenvalue weighted by Gasteiger charge is 2.68. The average Bonchev–Trinajstić information content (AvgIpc) is 3.16. The number of benzene rings is 1. The van der Waals surface area contributed by atoms with Gasteiger partial charge in [0.2, 0.25) is 0 Å². The van der Waals surface area contributed by atoms with Gasteiger partial charge >= 0.3 is 0 Å². The van der Waals surface area contributed by atoms with E-state index in [-0.39, 0.29) is 39.4 Å². The summed E-state index contributed by atoms with van der Waals surface area (Å²) in [4.78, 5) is 23.5. The number of rotatable bonds is 6. The van der Waals surface area contributed by atoms with Gasteiger partial charge in [-0.05, 0) is 78.4 Å². The Morgan fingerprint density at radius 2 is 1.55 bits per heavy atom. The van der Waals surface area contributed by atoms with Crippen molar-refractivity contribution in [2.24, 2.45) is 40.4 Å². The highest BCUT2D eigenvalue weighted by Crippen LogP contribution is 2.75. The maximum atomic E-state index is 11.8. The standard InChI is InChI=1S/C28H38O5/c1-14(2)11-20(21-25(32)17(12-29)24(31)18(13-30)26(21)33)28(6)10-9-16-15(3)7-8-19-23(22(16)28)27(19,4)5/h12-14,16,19-20,22-23,31-33H,3,7-11H2,1-2,4-6H3/t16-,19-,20+,22-,23-,28-/m0/s1. The average molecular weight is 455 g/mol. The first-order chi connectivity index (χ1) is 15.4. The van der Waals surface area contributed by atoms with Crippen LogP contribution in [0.15, 0.2) is 12.2 Å². The molecular weight excluding hydrogens is 416 g/mol. The van der Waals surface area contributed by atoms with Crippen LogP contribution >= 0.6 is 0 Å². The molecule has 6 atom stereocenters. The molecule has 0 amide bonds. The van der Waals surface area contributed by atoms with E-state index >= 15 is 0 Å². The number of fused-ring (bicyclic) bond motifs is 3. The van der Waals surface area contributed by atoms with Gasteiger partial charge in [0.25, 0.3) is 0 Å². The molecule has 1 aromatic rings. The fourth-order valence-electron chi connectivity index (χ4n) is 7.89. The third kappa shape index (κ3) is 3.33. The summed E-state index contributed by atoms with van der Waals surface area (Å²) in [6.07, 6.45) is 5.57. The lowest BCUT2D eigenvalue weighted by atomic mass is 9.60. The minimum Gasteiger partial charge on any atom is -0.507 e. The third-order valence-corrected chi connectivity index (χ3v) is 9.63. The van der Waals surface area contributed by atoms with E-state index in [9.17, 15) is 24.9 Å². The summed E-state index contributed by atoms with van der Waals surface area (Å²) in [7, 11) is 0. The van der Waals surface area contributed by atoms with Crippen LogP contribution in [0.2, 0.25) is 0 Å². The van der Waals surface area contributed by atoms with Crippen molar-refractivity contribution in [2.75, 3.05) is 0 Å². The van der Waals surface area contributed by atoms with E-state index in [2.05, 4.69) is 41.2 Å². The number of aldehydes is 2. The van der Waals surface area contributed by atoms with Crippen molar-refractivity contribution >= 4 is 12.6 Å². The van der Waals surface area contributed by atoms with Gasteiger partial charge < -0.3 is 15.3 Å². The zero-order valence-electron chi connectivity index (χ0n) is 20.5. The van der Waals surface area contributed by atoms with Crippen molar-refractivity contribution in [3.8, 4) is 17.2 Å². The Hall–Kier alpha value is -2.30. The van der Waals surface area contributed by atoms with Crippen molar-refractivity contribution in [3.05, 3.63) is 28.8 Å². The molecule has 1 aromatic carbocycles. The molecule has 0 radical (unpaired) electrons. The molecule has 180 valence electrons. The van der Waals surface area contributed by atoms with E-state index in [0.29, 0.717) is 42.7 Å². The van der Waals surface area contributed by atoms with E-state index in [0.717, 1.165) is 25.7 Å². The molecule has 0 aromatic heterocycles. The molecule has 0 saturated heterocycles. The predicted molar refractivity (Wildman–Crippen MR) is 128 cm³/mol. The topological polar surface area (TPSA) is 94.8 Å². The Kier molecular flexibility index (Phi) is 5.70. The highest BCUT2D eigenvalue weighted by molar-refractivity contribution is 5.95. The monoisotopic (exact) mass is 454 g/mol. The second kappa shape index (κ2) is 7.89. The minimum atomic E-state index is -0.664. The fraction of sp³-hybridized carbons (Fsp3) is 0.643. The largest absolute Gasteiger partial charge is 0.507 e. The van der Waals surface area contributed by atoms with Crippen LogP contribution < -0.4 is 0 Å². The van der Waals surface area contributed by atoms with Gasteiger partial charge in [0.05, 0.1) is 11.1 Å². The van der Waals surface area contributed by atoms with Gasteiger partial charge in [-0.1, -0.05) is 46.8 Å². The summed E-state index contributed by atoms with van der Waals surface area (Å²) in [6, 6.07) is 0. The van der Waals surface area contributed by atoms with Gasteiger partial charge in [-0.3, -0.25) is 9.59 Å². The van der Waals surface area contributed by atoms with Crippen molar-refractivity contribution in [3.63, 3.8) is 0 Å². The summed E-state index contributed by atoms with van der Waals surface area (Å²) >= 11 is 0. The number of carbonyl (C=O) groups is 2. The molecule has 4 rings (SSSR count). The Morgan fingerprint density at radius 3 is 2.06 bits per heavy atom. The summed E-state index contributed by atoms with van der Waals surface area (Å²) < 4.78 is 0. The minimum absolute atomic E-state index is 0.235. The first-order valence-electron chi connectivity index (χ1n) is 12.3. The lowest BCUT2D eigenvalue weighted by Gasteiger charge is -2.44. The molecule has 0 unspecified atom stereocenters. The van der Waals surface area contributed by atoms with Crippen molar-refractivity contribution < 1.29 is 24.9 Å². The Balaban J connectivity index is 1.93. The maximum absolute atomic E-state index is 11.8. The number of allylic oxidation sites excluding steroid dienone is 1. The van der Waals surface area contributed by atoms with E-state index in [1.165, 1.54) is 5.57 Å². The van der Waals surface area contributed by atoms with Gasteiger partial charge in [-0.2, -0.15) is 0 Å². The van der Waals surface area contributed by atoms with Crippen LogP contribution in [0.5, 0.6) is 17.2 Å². The maximum Gasteiger partial charge on any atom is 0.157 e. The molecule has 33 heavy (non-hydrogen) atoms. The van der Waals surface area contributed by atoms with E-state index in [4.69, 9.17) is 0 Å². The molecule has 3 N–H and O–H groups in total. The SMILES string of the molecule is C=C1CC[C@H]2[C@@H]([C@@H]3[C@H]1CC[C@@]3(C)[C@H](CC(C)C)c1c(O)c(C=O)c(O)c(C=O)c1O)C2(C)C. The van der Waals surface area contributed by atoms with E-state index < -0.39 is 17.2 Å². The normalized spacial score (nSPS) is 33.2. The molecule has 0 heterocycles. The second-order valence-electron chi connectivity index (χ2n) is 12.0. The van der Waals surface area contributed by atoms with Gasteiger partial charge in [-0.25, -0.2) is 0 Å². The lowest BCUT2D eigenvalue weighted by molar-refractivity contribution is 0.106. The molecule has 0 bridgehead atoms. The summed E-state index contributed by atoms with van der Waals surface area (Å²) in [5.74, 6) is 0.453. The van der Waals surface area contributed by atoms with Crippen molar-refractivity contribution in [1.82, 2.24) is 0 Å². The van der Waals surface area contributed by atoms with Gasteiger partial charge in [-0.15, -0.1) is 0 Å². The molecule has 3 saturated carbocycles. The number of hydrogen-bond donors (Lipinski definition) is 3. The Morgan fingerprint density at radius 1 is 0.970 bits per heavy atom. The highest BCUT2D eigenvalue weighted by atomic mass is 16.3. The fourth-order valence-corrected chi connectivity index (χ4v) is 7.89. The molecule has 3 aliphatic carbocycles. The van der Waals surface area contributed by atoms with Gasteiger partial charge in [0.15, 0.2) is 12.6 Å². The molecule has 5 nitrogen and oxygen atoms in total. The van der Waals surface area contributed by atoms with Crippen LogP contribution in [-0.2, 0) is 0 Å². The van der Waals surface area contributed by atoms with Crippen LogP contribution in [0.1, 0.15) is 98.9 Å². The van der Waals surface area contributed by atoms with Crippen LogP contribution in [0, 0.1) is 40.4 Å². The smallest absolute Gasteiger partial charge is 0.157 e. The van der Waals surface area contributed by atoms with E-state index in [1.807, 2.05) is 0 Å².